The van der Waals surface area contributed by atoms with Gasteiger partial charge in [0.2, 0.25) is 0 Å². The van der Waals surface area contributed by atoms with Crippen molar-refractivity contribution in [3.63, 3.8) is 0 Å². The summed E-state index contributed by atoms with van der Waals surface area (Å²) >= 11 is 0. The molecule has 1 heterocycles. The zero-order valence-electron chi connectivity index (χ0n) is 9.63. The highest BCUT2D eigenvalue weighted by Gasteiger charge is 2.46. The number of piperidine rings is 1. The molecule has 1 aliphatic carbocycles. The minimum Gasteiger partial charge on any atom is -0.329 e. The predicted octanol–water partition coefficient (Wildman–Crippen LogP) is 1.99. The maximum absolute atomic E-state index is 6.00. The Morgan fingerprint density at radius 1 is 1.29 bits per heavy atom. The molecule has 1 saturated carbocycles. The van der Waals surface area contributed by atoms with Gasteiger partial charge in [-0.15, -0.1) is 0 Å². The van der Waals surface area contributed by atoms with Crippen molar-refractivity contribution >= 4 is 0 Å². The molecule has 0 aromatic rings. The second kappa shape index (κ2) is 3.82. The fourth-order valence-electron chi connectivity index (χ4n) is 3.08. The predicted molar refractivity (Wildman–Crippen MR) is 60.2 cm³/mol. The van der Waals surface area contributed by atoms with Crippen LogP contribution in [0.5, 0.6) is 0 Å². The van der Waals surface area contributed by atoms with E-state index < -0.39 is 0 Å². The highest BCUT2D eigenvalue weighted by molar-refractivity contribution is 5.02. The van der Waals surface area contributed by atoms with Crippen LogP contribution in [0.15, 0.2) is 0 Å². The van der Waals surface area contributed by atoms with Gasteiger partial charge in [-0.05, 0) is 52.0 Å². The highest BCUT2D eigenvalue weighted by Crippen LogP contribution is 2.44. The third-order valence-corrected chi connectivity index (χ3v) is 4.33. The van der Waals surface area contributed by atoms with Crippen LogP contribution < -0.4 is 5.73 Å². The summed E-state index contributed by atoms with van der Waals surface area (Å²) < 4.78 is 0. The Labute approximate surface area is 87.8 Å². The molecule has 0 amide bonds. The van der Waals surface area contributed by atoms with Crippen molar-refractivity contribution in [2.24, 2.45) is 11.7 Å². The fraction of sp³-hybridized carbons (Fsp3) is 1.00. The Hall–Kier alpha value is -0.0800. The summed E-state index contributed by atoms with van der Waals surface area (Å²) in [6.45, 7) is 6.86. The van der Waals surface area contributed by atoms with E-state index >= 15 is 0 Å². The molecule has 2 rings (SSSR count). The Balaban J connectivity index is 2.08. The highest BCUT2D eigenvalue weighted by atomic mass is 15.2. The van der Waals surface area contributed by atoms with Crippen LogP contribution in [0.1, 0.15) is 46.0 Å². The van der Waals surface area contributed by atoms with Crippen LogP contribution in [0.25, 0.3) is 0 Å². The summed E-state index contributed by atoms with van der Waals surface area (Å²) in [5.74, 6) is 0.882. The SMILES string of the molecule is CC1CCCCN1C(C)(CN)C1CC1. The summed E-state index contributed by atoms with van der Waals surface area (Å²) in [5.41, 5.74) is 6.30. The molecule has 1 saturated heterocycles. The van der Waals surface area contributed by atoms with Crippen molar-refractivity contribution in [1.82, 2.24) is 4.90 Å². The van der Waals surface area contributed by atoms with Gasteiger partial charge in [0.25, 0.3) is 0 Å². The zero-order chi connectivity index (χ0) is 10.2. The van der Waals surface area contributed by atoms with Crippen molar-refractivity contribution in [2.45, 2.75) is 57.5 Å². The minimum atomic E-state index is 0.305. The van der Waals surface area contributed by atoms with E-state index in [0.717, 1.165) is 18.5 Å². The molecule has 0 radical (unpaired) electrons. The van der Waals surface area contributed by atoms with Gasteiger partial charge in [-0.1, -0.05) is 6.42 Å². The van der Waals surface area contributed by atoms with E-state index in [2.05, 4.69) is 18.7 Å². The third-order valence-electron chi connectivity index (χ3n) is 4.33. The lowest BCUT2D eigenvalue weighted by molar-refractivity contribution is 0.0265. The van der Waals surface area contributed by atoms with Crippen LogP contribution in [0, 0.1) is 5.92 Å². The van der Waals surface area contributed by atoms with Gasteiger partial charge < -0.3 is 5.73 Å². The van der Waals surface area contributed by atoms with Gasteiger partial charge in [-0.3, -0.25) is 4.90 Å². The summed E-state index contributed by atoms with van der Waals surface area (Å²) in [4.78, 5) is 2.69. The van der Waals surface area contributed by atoms with E-state index in [1.165, 1.54) is 38.6 Å². The summed E-state index contributed by atoms with van der Waals surface area (Å²) in [6, 6.07) is 0.748. The number of likely N-dealkylation sites (tertiary alicyclic amines) is 1. The molecule has 82 valence electrons. The molecule has 1 aliphatic heterocycles. The third kappa shape index (κ3) is 1.70. The lowest BCUT2D eigenvalue weighted by atomic mass is 9.88. The number of nitrogens with zero attached hydrogens (tertiary/aromatic N) is 1. The van der Waals surface area contributed by atoms with E-state index in [4.69, 9.17) is 5.73 Å². The van der Waals surface area contributed by atoms with Crippen LogP contribution in [0.3, 0.4) is 0 Å². The zero-order valence-corrected chi connectivity index (χ0v) is 9.63. The van der Waals surface area contributed by atoms with Gasteiger partial charge in [0.05, 0.1) is 0 Å². The normalized spacial score (nSPS) is 34.1. The Kier molecular flexibility index (Phi) is 2.85. The first-order valence-electron chi connectivity index (χ1n) is 6.15. The summed E-state index contributed by atoms with van der Waals surface area (Å²) in [6.07, 6.45) is 6.94. The molecule has 14 heavy (non-hydrogen) atoms. The van der Waals surface area contributed by atoms with E-state index in [9.17, 15) is 0 Å². The summed E-state index contributed by atoms with van der Waals surface area (Å²) in [5, 5.41) is 0. The van der Waals surface area contributed by atoms with Crippen LogP contribution in [-0.2, 0) is 0 Å². The molecule has 2 aliphatic rings. The second-order valence-corrected chi connectivity index (χ2v) is 5.37. The van der Waals surface area contributed by atoms with Gasteiger partial charge >= 0.3 is 0 Å². The quantitative estimate of drug-likeness (QED) is 0.748. The van der Waals surface area contributed by atoms with E-state index in [1.807, 2.05) is 0 Å². The van der Waals surface area contributed by atoms with Crippen LogP contribution in [0.2, 0.25) is 0 Å². The Morgan fingerprint density at radius 2 is 2.00 bits per heavy atom. The van der Waals surface area contributed by atoms with Crippen molar-refractivity contribution in [1.29, 1.82) is 0 Å². The fourth-order valence-corrected chi connectivity index (χ4v) is 3.08. The van der Waals surface area contributed by atoms with Gasteiger partial charge in [-0.2, -0.15) is 0 Å². The Bertz CT molecular complexity index is 200. The maximum atomic E-state index is 6.00. The molecule has 2 heteroatoms. The number of nitrogens with two attached hydrogens (primary N) is 1. The Morgan fingerprint density at radius 3 is 2.50 bits per heavy atom. The smallest absolute Gasteiger partial charge is 0.0334 e. The van der Waals surface area contributed by atoms with Gasteiger partial charge in [0.1, 0.15) is 0 Å². The van der Waals surface area contributed by atoms with E-state index in [-0.39, 0.29) is 0 Å². The van der Waals surface area contributed by atoms with Crippen molar-refractivity contribution in [3.05, 3.63) is 0 Å². The lowest BCUT2D eigenvalue weighted by Crippen LogP contribution is -2.58. The largest absolute Gasteiger partial charge is 0.329 e. The first-order valence-corrected chi connectivity index (χ1v) is 6.15. The van der Waals surface area contributed by atoms with Crippen LogP contribution in [0.4, 0.5) is 0 Å². The van der Waals surface area contributed by atoms with Gasteiger partial charge in [0, 0.05) is 18.1 Å². The van der Waals surface area contributed by atoms with E-state index in [1.54, 1.807) is 0 Å². The van der Waals surface area contributed by atoms with Crippen molar-refractivity contribution in [3.8, 4) is 0 Å². The second-order valence-electron chi connectivity index (χ2n) is 5.37. The van der Waals surface area contributed by atoms with Gasteiger partial charge in [-0.25, -0.2) is 0 Å². The molecule has 0 bridgehead atoms. The minimum absolute atomic E-state index is 0.305. The topological polar surface area (TPSA) is 29.3 Å². The molecule has 2 fully saturated rings. The molecule has 2 nitrogen and oxygen atoms in total. The van der Waals surface area contributed by atoms with Gasteiger partial charge in [0.15, 0.2) is 0 Å². The average Bonchev–Trinajstić information content (AvgIpc) is 3.01. The average molecular weight is 196 g/mol. The molecule has 2 unspecified atom stereocenters. The standard InChI is InChI=1S/C12H24N2/c1-10-5-3-4-8-14(10)12(2,9-13)11-6-7-11/h10-11H,3-9,13H2,1-2H3. The molecule has 0 aromatic heterocycles. The van der Waals surface area contributed by atoms with Crippen molar-refractivity contribution in [2.75, 3.05) is 13.1 Å². The maximum Gasteiger partial charge on any atom is 0.0334 e. The molecular weight excluding hydrogens is 172 g/mol. The first kappa shape index (κ1) is 10.4. The molecule has 0 aromatic carbocycles. The molecule has 2 atom stereocenters. The number of hydrogen-bond acceptors (Lipinski definition) is 2. The van der Waals surface area contributed by atoms with E-state index in [0.29, 0.717) is 5.54 Å². The number of rotatable bonds is 3. The summed E-state index contributed by atoms with van der Waals surface area (Å²) in [7, 11) is 0. The molecule has 2 N–H and O–H groups in total. The van der Waals surface area contributed by atoms with Crippen molar-refractivity contribution < 1.29 is 0 Å². The van der Waals surface area contributed by atoms with Crippen LogP contribution in [-0.4, -0.2) is 29.6 Å². The lowest BCUT2D eigenvalue weighted by Gasteiger charge is -2.47. The molecular formula is C12H24N2. The molecule has 0 spiro atoms. The number of hydrogen-bond donors (Lipinski definition) is 1. The monoisotopic (exact) mass is 196 g/mol. The first-order chi connectivity index (χ1) is 6.68. The van der Waals surface area contributed by atoms with Crippen LogP contribution >= 0.6 is 0 Å².